The molecule has 1 unspecified atom stereocenters. The molecule has 1 aliphatic carbocycles. The highest BCUT2D eigenvalue weighted by molar-refractivity contribution is 7.18. The first-order chi connectivity index (χ1) is 12.5. The molecule has 0 fully saturated rings. The molecule has 0 aliphatic heterocycles. The summed E-state index contributed by atoms with van der Waals surface area (Å²) in [5, 5.41) is 1.19. The van der Waals surface area contributed by atoms with E-state index >= 15 is 0 Å². The molecule has 1 aromatic carbocycles. The third kappa shape index (κ3) is 3.29. The van der Waals surface area contributed by atoms with Crippen LogP contribution in [0.4, 0.5) is 4.39 Å². The van der Waals surface area contributed by atoms with Crippen LogP contribution in [0.3, 0.4) is 0 Å². The van der Waals surface area contributed by atoms with Crippen LogP contribution in [0.1, 0.15) is 34.7 Å². The zero-order valence-electron chi connectivity index (χ0n) is 14.5. The van der Waals surface area contributed by atoms with E-state index < -0.39 is 0 Å². The number of hydrogen-bond donors (Lipinski definition) is 2. The van der Waals surface area contributed by atoms with Crippen molar-refractivity contribution in [1.82, 2.24) is 9.97 Å². The lowest BCUT2D eigenvalue weighted by atomic mass is 9.97. The standard InChI is InChI=1S/C19H19ClFN3OS/c1-24(9-12-13(20)6-4-7-14(12)21)10-16-22-18(25)17-11-5-2-3-8-15(11)26-19(17)23-16/h4,6-7H,2-3,5,8-10H2,1H3,(H,22,23,25)/p+1. The fraction of sp³-hybridized carbons (Fsp3) is 0.368. The number of hydrogen-bond acceptors (Lipinski definition) is 3. The van der Waals surface area contributed by atoms with Gasteiger partial charge in [-0.1, -0.05) is 17.7 Å². The molecule has 1 aliphatic rings. The van der Waals surface area contributed by atoms with E-state index in [-0.39, 0.29) is 11.4 Å². The molecule has 0 bridgehead atoms. The van der Waals surface area contributed by atoms with Crippen LogP contribution in [0.25, 0.3) is 10.2 Å². The quantitative estimate of drug-likeness (QED) is 0.717. The Morgan fingerprint density at radius 1 is 1.31 bits per heavy atom. The van der Waals surface area contributed by atoms with Crippen LogP contribution in [0, 0.1) is 5.82 Å². The molecular weight excluding hydrogens is 373 g/mol. The third-order valence-corrected chi connectivity index (χ3v) is 6.42. The van der Waals surface area contributed by atoms with Crippen molar-refractivity contribution in [2.45, 2.75) is 38.8 Å². The Hall–Kier alpha value is -1.76. The summed E-state index contributed by atoms with van der Waals surface area (Å²) in [7, 11) is 1.94. The zero-order chi connectivity index (χ0) is 18.3. The number of halogens is 2. The second kappa shape index (κ2) is 7.10. The lowest BCUT2D eigenvalue weighted by Crippen LogP contribution is -3.06. The number of thiophene rings is 1. The number of quaternary nitrogens is 1. The number of aryl methyl sites for hydroxylation is 2. The normalized spacial score (nSPS) is 15.2. The number of fused-ring (bicyclic) bond motifs is 3. The van der Waals surface area contributed by atoms with Gasteiger partial charge in [0.25, 0.3) is 5.56 Å². The average molecular weight is 393 g/mol. The molecule has 136 valence electrons. The largest absolute Gasteiger partial charge is 0.327 e. The van der Waals surface area contributed by atoms with Gasteiger partial charge in [-0.25, -0.2) is 9.37 Å². The van der Waals surface area contributed by atoms with E-state index in [1.165, 1.54) is 22.9 Å². The van der Waals surface area contributed by atoms with Crippen molar-refractivity contribution in [2.75, 3.05) is 7.05 Å². The van der Waals surface area contributed by atoms with E-state index in [0.717, 1.165) is 34.4 Å². The Morgan fingerprint density at radius 2 is 2.12 bits per heavy atom. The molecule has 1 atom stereocenters. The lowest BCUT2D eigenvalue weighted by molar-refractivity contribution is -0.908. The maximum atomic E-state index is 14.0. The van der Waals surface area contributed by atoms with Crippen LogP contribution in [-0.4, -0.2) is 17.0 Å². The SMILES string of the molecule is C[NH+](Cc1nc2sc3c(c2c(=O)[nH]1)CCCC3)Cc1c(F)cccc1Cl. The molecule has 0 spiro atoms. The van der Waals surface area contributed by atoms with Gasteiger partial charge in [0.15, 0.2) is 5.82 Å². The molecule has 0 saturated carbocycles. The van der Waals surface area contributed by atoms with Gasteiger partial charge in [-0.15, -0.1) is 11.3 Å². The summed E-state index contributed by atoms with van der Waals surface area (Å²) in [6.45, 7) is 0.923. The van der Waals surface area contributed by atoms with Crippen molar-refractivity contribution < 1.29 is 9.29 Å². The van der Waals surface area contributed by atoms with Gasteiger partial charge in [-0.2, -0.15) is 0 Å². The van der Waals surface area contributed by atoms with Crippen molar-refractivity contribution in [3.8, 4) is 0 Å². The molecule has 0 saturated heterocycles. The predicted octanol–water partition coefficient (Wildman–Crippen LogP) is 2.87. The Labute approximate surface area is 159 Å². The fourth-order valence-electron chi connectivity index (χ4n) is 3.64. The topological polar surface area (TPSA) is 50.2 Å². The molecular formula is C19H20ClFN3OS+. The van der Waals surface area contributed by atoms with Crippen LogP contribution in [-0.2, 0) is 25.9 Å². The molecule has 4 nitrogen and oxygen atoms in total. The molecule has 0 radical (unpaired) electrons. The monoisotopic (exact) mass is 392 g/mol. The Morgan fingerprint density at radius 3 is 2.92 bits per heavy atom. The molecule has 2 N–H and O–H groups in total. The van der Waals surface area contributed by atoms with Gasteiger partial charge in [-0.3, -0.25) is 4.79 Å². The van der Waals surface area contributed by atoms with E-state index in [9.17, 15) is 9.18 Å². The second-order valence-corrected chi connectivity index (χ2v) is 8.41. The Balaban J connectivity index is 1.60. The summed E-state index contributed by atoms with van der Waals surface area (Å²) in [5.41, 5.74) is 1.62. The first-order valence-electron chi connectivity index (χ1n) is 8.80. The van der Waals surface area contributed by atoms with Gasteiger partial charge in [0.2, 0.25) is 0 Å². The zero-order valence-corrected chi connectivity index (χ0v) is 16.1. The van der Waals surface area contributed by atoms with Gasteiger partial charge in [0.05, 0.1) is 23.0 Å². The maximum Gasteiger partial charge on any atom is 0.260 e. The van der Waals surface area contributed by atoms with E-state index in [1.54, 1.807) is 23.5 Å². The number of benzene rings is 1. The number of aromatic amines is 1. The van der Waals surface area contributed by atoms with Crippen LogP contribution in [0.2, 0.25) is 5.02 Å². The van der Waals surface area contributed by atoms with E-state index in [4.69, 9.17) is 11.6 Å². The van der Waals surface area contributed by atoms with Gasteiger partial charge < -0.3 is 9.88 Å². The highest BCUT2D eigenvalue weighted by Gasteiger charge is 2.21. The van der Waals surface area contributed by atoms with E-state index in [2.05, 4.69) is 9.97 Å². The highest BCUT2D eigenvalue weighted by Crippen LogP contribution is 2.33. The van der Waals surface area contributed by atoms with Crippen LogP contribution >= 0.6 is 22.9 Å². The Bertz CT molecular complexity index is 1010. The molecule has 2 aromatic heterocycles. The van der Waals surface area contributed by atoms with Gasteiger partial charge in [-0.05, 0) is 43.4 Å². The number of H-pyrrole nitrogens is 1. The van der Waals surface area contributed by atoms with Gasteiger partial charge in [0, 0.05) is 4.88 Å². The Kier molecular flexibility index (Phi) is 4.82. The summed E-state index contributed by atoms with van der Waals surface area (Å²) in [6, 6.07) is 4.70. The lowest BCUT2D eigenvalue weighted by Gasteiger charge is -2.15. The van der Waals surface area contributed by atoms with Crippen molar-refractivity contribution in [2.24, 2.45) is 0 Å². The third-order valence-electron chi connectivity index (χ3n) is 4.88. The van der Waals surface area contributed by atoms with Crippen LogP contribution in [0.5, 0.6) is 0 Å². The fourth-order valence-corrected chi connectivity index (χ4v) is 5.15. The molecule has 4 rings (SSSR count). The summed E-state index contributed by atoms with van der Waals surface area (Å²) < 4.78 is 14.0. The first kappa shape index (κ1) is 17.6. The maximum absolute atomic E-state index is 14.0. The number of aromatic nitrogens is 2. The van der Waals surface area contributed by atoms with Crippen molar-refractivity contribution in [3.05, 3.63) is 61.2 Å². The molecule has 26 heavy (non-hydrogen) atoms. The van der Waals surface area contributed by atoms with E-state index in [1.807, 2.05) is 7.05 Å². The summed E-state index contributed by atoms with van der Waals surface area (Å²) in [5.74, 6) is 0.325. The molecule has 2 heterocycles. The predicted molar refractivity (Wildman–Crippen MR) is 103 cm³/mol. The molecule has 7 heteroatoms. The van der Waals surface area contributed by atoms with Crippen LogP contribution < -0.4 is 10.5 Å². The minimum Gasteiger partial charge on any atom is -0.327 e. The highest BCUT2D eigenvalue weighted by atomic mass is 35.5. The second-order valence-electron chi connectivity index (χ2n) is 6.91. The van der Waals surface area contributed by atoms with Crippen molar-refractivity contribution in [3.63, 3.8) is 0 Å². The van der Waals surface area contributed by atoms with Crippen LogP contribution in [0.15, 0.2) is 23.0 Å². The summed E-state index contributed by atoms with van der Waals surface area (Å²) in [6.07, 6.45) is 4.33. The van der Waals surface area contributed by atoms with Crippen molar-refractivity contribution in [1.29, 1.82) is 0 Å². The minimum atomic E-state index is -0.306. The van der Waals surface area contributed by atoms with Gasteiger partial charge >= 0.3 is 0 Å². The van der Waals surface area contributed by atoms with Gasteiger partial charge in [0.1, 0.15) is 23.7 Å². The summed E-state index contributed by atoms with van der Waals surface area (Å²) in [4.78, 5) is 23.3. The number of nitrogens with zero attached hydrogens (tertiary/aromatic N) is 1. The minimum absolute atomic E-state index is 0.0545. The first-order valence-corrected chi connectivity index (χ1v) is 10.00. The van der Waals surface area contributed by atoms with E-state index in [0.29, 0.717) is 29.5 Å². The van der Waals surface area contributed by atoms with Crippen molar-refractivity contribution >= 4 is 33.2 Å². The average Bonchev–Trinajstić information content (AvgIpc) is 2.97. The number of nitrogens with one attached hydrogen (secondary N) is 2. The molecule has 3 aromatic rings. The number of rotatable bonds is 4. The summed E-state index contributed by atoms with van der Waals surface area (Å²) >= 11 is 7.76. The molecule has 0 amide bonds. The smallest absolute Gasteiger partial charge is 0.260 e.